The van der Waals surface area contributed by atoms with Gasteiger partial charge in [-0.1, -0.05) is 19.1 Å². The molecule has 5 heteroatoms. The molecule has 0 unspecified atom stereocenters. The maximum atomic E-state index is 11.1. The Morgan fingerprint density at radius 1 is 1.21 bits per heavy atom. The van der Waals surface area contributed by atoms with Gasteiger partial charge in [-0.05, 0) is 30.7 Å². The lowest BCUT2D eigenvalue weighted by Crippen LogP contribution is -2.24. The van der Waals surface area contributed by atoms with Crippen LogP contribution in [0.15, 0.2) is 24.3 Å². The van der Waals surface area contributed by atoms with Crippen LogP contribution in [0.2, 0.25) is 0 Å². The van der Waals surface area contributed by atoms with E-state index in [4.69, 9.17) is 0 Å². The number of hydrogen-bond donors (Lipinski definition) is 1. The van der Waals surface area contributed by atoms with Crippen LogP contribution < -0.4 is 10.2 Å². The van der Waals surface area contributed by atoms with Crippen LogP contribution >= 0.6 is 0 Å². The van der Waals surface area contributed by atoms with Gasteiger partial charge in [0.15, 0.2) is 0 Å². The number of anilines is 1. The highest BCUT2D eigenvalue weighted by Gasteiger charge is 2.06. The molecular weight excluding hydrogens is 260 g/mol. The molecule has 0 fully saturated rings. The van der Waals surface area contributed by atoms with Gasteiger partial charge >= 0.3 is 0 Å². The average Bonchev–Trinajstić information content (AvgIpc) is 2.36. The van der Waals surface area contributed by atoms with Gasteiger partial charge in [0.1, 0.15) is 9.84 Å². The summed E-state index contributed by atoms with van der Waals surface area (Å²) in [7, 11) is -0.990. The first-order chi connectivity index (χ1) is 8.92. The number of sulfone groups is 1. The van der Waals surface area contributed by atoms with E-state index in [0.29, 0.717) is 6.54 Å². The van der Waals surface area contributed by atoms with Crippen molar-refractivity contribution in [3.8, 4) is 0 Å². The summed E-state index contributed by atoms with van der Waals surface area (Å²) in [6, 6.07) is 8.22. The summed E-state index contributed by atoms with van der Waals surface area (Å²) in [6.45, 7) is 4.57. The molecule has 0 saturated carbocycles. The summed E-state index contributed by atoms with van der Waals surface area (Å²) in [5, 5.41) is 3.35. The minimum Gasteiger partial charge on any atom is -0.374 e. The van der Waals surface area contributed by atoms with E-state index < -0.39 is 9.84 Å². The van der Waals surface area contributed by atoms with Gasteiger partial charge in [-0.15, -0.1) is 0 Å². The molecule has 4 nitrogen and oxygen atoms in total. The standard InChI is InChI=1S/C14H24N2O2S/c1-4-9-15-12-13-5-7-14(8-6-13)16(2)10-11-19(3,17)18/h5-8,15H,4,9-12H2,1-3H3. The number of nitrogens with zero attached hydrogens (tertiary/aromatic N) is 1. The van der Waals surface area contributed by atoms with Crippen molar-refractivity contribution in [1.29, 1.82) is 0 Å². The smallest absolute Gasteiger partial charge is 0.149 e. The van der Waals surface area contributed by atoms with Crippen molar-refractivity contribution in [2.75, 3.05) is 37.0 Å². The Hall–Kier alpha value is -1.07. The van der Waals surface area contributed by atoms with Crippen LogP contribution in [0, 0.1) is 0 Å². The van der Waals surface area contributed by atoms with Gasteiger partial charge in [-0.25, -0.2) is 8.42 Å². The van der Waals surface area contributed by atoms with E-state index >= 15 is 0 Å². The van der Waals surface area contributed by atoms with Crippen LogP contribution in [-0.4, -0.2) is 40.6 Å². The molecule has 0 saturated heterocycles. The molecule has 0 radical (unpaired) electrons. The molecular formula is C14H24N2O2S. The first-order valence-electron chi connectivity index (χ1n) is 6.61. The van der Waals surface area contributed by atoms with Gasteiger partial charge in [0.25, 0.3) is 0 Å². The van der Waals surface area contributed by atoms with Crippen molar-refractivity contribution in [2.45, 2.75) is 19.9 Å². The monoisotopic (exact) mass is 284 g/mol. The normalized spacial score (nSPS) is 11.5. The van der Waals surface area contributed by atoms with Gasteiger partial charge in [0.05, 0.1) is 5.75 Å². The maximum Gasteiger partial charge on any atom is 0.149 e. The largest absolute Gasteiger partial charge is 0.374 e. The third kappa shape index (κ3) is 6.59. The minimum absolute atomic E-state index is 0.184. The summed E-state index contributed by atoms with van der Waals surface area (Å²) < 4.78 is 22.3. The Morgan fingerprint density at radius 2 is 1.84 bits per heavy atom. The van der Waals surface area contributed by atoms with Gasteiger partial charge in [0, 0.05) is 32.1 Å². The summed E-state index contributed by atoms with van der Waals surface area (Å²) >= 11 is 0. The first kappa shape index (κ1) is 16.0. The third-order valence-corrected chi connectivity index (χ3v) is 3.85. The zero-order chi connectivity index (χ0) is 14.3. The van der Waals surface area contributed by atoms with Crippen molar-refractivity contribution in [3.63, 3.8) is 0 Å². The fraction of sp³-hybridized carbons (Fsp3) is 0.571. The predicted molar refractivity (Wildman–Crippen MR) is 81.4 cm³/mol. The van der Waals surface area contributed by atoms with Crippen LogP contribution in [-0.2, 0) is 16.4 Å². The van der Waals surface area contributed by atoms with E-state index in [1.54, 1.807) is 0 Å². The van der Waals surface area contributed by atoms with Gasteiger partial charge < -0.3 is 10.2 Å². The lowest BCUT2D eigenvalue weighted by Gasteiger charge is -2.19. The molecule has 0 heterocycles. The average molecular weight is 284 g/mol. The molecule has 0 amide bonds. The van der Waals surface area contributed by atoms with E-state index in [1.807, 2.05) is 24.1 Å². The molecule has 0 atom stereocenters. The Bertz CT molecular complexity index is 469. The molecule has 108 valence electrons. The fourth-order valence-electron chi connectivity index (χ4n) is 1.71. The molecule has 1 aromatic rings. The van der Waals surface area contributed by atoms with Crippen LogP contribution in [0.3, 0.4) is 0 Å². The SMILES string of the molecule is CCCNCc1ccc(N(C)CCS(C)(=O)=O)cc1. The van der Waals surface area contributed by atoms with Gasteiger partial charge in [0.2, 0.25) is 0 Å². The van der Waals surface area contributed by atoms with Crippen LogP contribution in [0.25, 0.3) is 0 Å². The van der Waals surface area contributed by atoms with Crippen LogP contribution in [0.5, 0.6) is 0 Å². The highest BCUT2D eigenvalue weighted by atomic mass is 32.2. The van der Waals surface area contributed by atoms with E-state index in [1.165, 1.54) is 11.8 Å². The summed E-state index contributed by atoms with van der Waals surface area (Å²) in [5.41, 5.74) is 2.29. The van der Waals surface area contributed by atoms with Crippen molar-refractivity contribution in [2.24, 2.45) is 0 Å². The molecule has 19 heavy (non-hydrogen) atoms. The van der Waals surface area contributed by atoms with Crippen LogP contribution in [0.1, 0.15) is 18.9 Å². The molecule has 0 aliphatic heterocycles. The number of rotatable bonds is 8. The van der Waals surface area contributed by atoms with Crippen molar-refractivity contribution in [3.05, 3.63) is 29.8 Å². The fourth-order valence-corrected chi connectivity index (χ4v) is 2.32. The highest BCUT2D eigenvalue weighted by molar-refractivity contribution is 7.90. The molecule has 1 rings (SSSR count). The Labute approximate surface area is 116 Å². The molecule has 0 spiro atoms. The second kappa shape index (κ2) is 7.50. The Morgan fingerprint density at radius 3 is 2.37 bits per heavy atom. The van der Waals surface area contributed by atoms with E-state index in [-0.39, 0.29) is 5.75 Å². The number of nitrogens with one attached hydrogen (secondary N) is 1. The topological polar surface area (TPSA) is 49.4 Å². The second-order valence-electron chi connectivity index (χ2n) is 4.89. The summed E-state index contributed by atoms with van der Waals surface area (Å²) in [4.78, 5) is 1.96. The molecule has 0 aliphatic rings. The number of benzene rings is 1. The molecule has 0 bridgehead atoms. The predicted octanol–water partition coefficient (Wildman–Crippen LogP) is 1.67. The lowest BCUT2D eigenvalue weighted by molar-refractivity contribution is 0.601. The van der Waals surface area contributed by atoms with E-state index in [2.05, 4.69) is 24.4 Å². The molecule has 1 aromatic carbocycles. The quantitative estimate of drug-likeness (QED) is 0.738. The number of hydrogen-bond acceptors (Lipinski definition) is 4. The Balaban J connectivity index is 2.50. The zero-order valence-electron chi connectivity index (χ0n) is 12.0. The van der Waals surface area contributed by atoms with Gasteiger partial charge in [-0.3, -0.25) is 0 Å². The molecule has 0 aliphatic carbocycles. The van der Waals surface area contributed by atoms with Gasteiger partial charge in [-0.2, -0.15) is 0 Å². The molecule has 0 aromatic heterocycles. The third-order valence-electron chi connectivity index (χ3n) is 2.93. The van der Waals surface area contributed by atoms with Crippen molar-refractivity contribution < 1.29 is 8.42 Å². The van der Waals surface area contributed by atoms with Crippen molar-refractivity contribution >= 4 is 15.5 Å². The maximum absolute atomic E-state index is 11.1. The highest BCUT2D eigenvalue weighted by Crippen LogP contribution is 2.13. The Kier molecular flexibility index (Phi) is 6.31. The summed E-state index contributed by atoms with van der Waals surface area (Å²) in [5.74, 6) is 0.184. The van der Waals surface area contributed by atoms with E-state index in [0.717, 1.165) is 25.2 Å². The van der Waals surface area contributed by atoms with Crippen molar-refractivity contribution in [1.82, 2.24) is 5.32 Å². The second-order valence-corrected chi connectivity index (χ2v) is 7.15. The van der Waals surface area contributed by atoms with E-state index in [9.17, 15) is 8.42 Å². The molecule has 1 N–H and O–H groups in total. The lowest BCUT2D eigenvalue weighted by atomic mass is 10.2. The minimum atomic E-state index is -2.90. The zero-order valence-corrected chi connectivity index (χ0v) is 12.8. The first-order valence-corrected chi connectivity index (χ1v) is 8.67. The summed E-state index contributed by atoms with van der Waals surface area (Å²) in [6.07, 6.45) is 2.40. The van der Waals surface area contributed by atoms with Crippen LogP contribution in [0.4, 0.5) is 5.69 Å².